The van der Waals surface area contributed by atoms with Crippen molar-refractivity contribution in [3.8, 4) is 0 Å². The van der Waals surface area contributed by atoms with Crippen LogP contribution in [0.4, 0.5) is 0 Å². The van der Waals surface area contributed by atoms with Gasteiger partial charge in [-0.25, -0.2) is 0 Å². The van der Waals surface area contributed by atoms with Gasteiger partial charge in [-0.1, -0.05) is 43.7 Å². The molecule has 0 saturated carbocycles. The van der Waals surface area contributed by atoms with E-state index in [1.165, 1.54) is 11.1 Å². The molecular weight excluding hydrogens is 212 g/mol. The molecule has 0 saturated heterocycles. The van der Waals surface area contributed by atoms with Gasteiger partial charge in [0.2, 0.25) is 0 Å². The minimum Gasteiger partial charge on any atom is -0.481 e. The smallest absolute Gasteiger partial charge is 0.303 e. The maximum atomic E-state index is 10.7. The van der Waals surface area contributed by atoms with E-state index in [-0.39, 0.29) is 6.42 Å². The van der Waals surface area contributed by atoms with Gasteiger partial charge in [0, 0.05) is 6.42 Å². The van der Waals surface area contributed by atoms with Crippen molar-refractivity contribution in [2.75, 3.05) is 0 Å². The first-order chi connectivity index (χ1) is 8.15. The van der Waals surface area contributed by atoms with E-state index < -0.39 is 5.97 Å². The van der Waals surface area contributed by atoms with Crippen LogP contribution in [0.1, 0.15) is 43.7 Å². The predicted molar refractivity (Wildman–Crippen MR) is 70.9 cm³/mol. The summed E-state index contributed by atoms with van der Waals surface area (Å²) < 4.78 is 0. The van der Waals surface area contributed by atoms with Gasteiger partial charge in [-0.05, 0) is 36.5 Å². The van der Waals surface area contributed by atoms with Gasteiger partial charge in [0.15, 0.2) is 0 Å². The van der Waals surface area contributed by atoms with E-state index in [4.69, 9.17) is 5.11 Å². The van der Waals surface area contributed by atoms with Crippen LogP contribution < -0.4 is 0 Å². The Morgan fingerprint density at radius 1 is 1.29 bits per heavy atom. The number of allylic oxidation sites excluding steroid dienone is 2. The van der Waals surface area contributed by atoms with Crippen LogP contribution in [-0.2, 0) is 4.79 Å². The van der Waals surface area contributed by atoms with E-state index in [1.807, 2.05) is 12.1 Å². The molecule has 92 valence electrons. The molecule has 2 nitrogen and oxygen atoms in total. The van der Waals surface area contributed by atoms with E-state index in [1.54, 1.807) is 0 Å². The van der Waals surface area contributed by atoms with Crippen LogP contribution in [-0.4, -0.2) is 11.1 Å². The molecule has 0 spiro atoms. The maximum absolute atomic E-state index is 10.7. The van der Waals surface area contributed by atoms with Gasteiger partial charge in [0.05, 0.1) is 0 Å². The van der Waals surface area contributed by atoms with E-state index in [0.29, 0.717) is 6.42 Å². The molecule has 2 heteroatoms. The number of rotatable bonds is 6. The number of carboxylic acids is 1. The van der Waals surface area contributed by atoms with Crippen LogP contribution in [0.5, 0.6) is 0 Å². The number of carbonyl (C=O) groups is 1. The molecule has 0 fully saturated rings. The lowest BCUT2D eigenvalue weighted by Gasteiger charge is -2.10. The number of carboxylic acid groups (broad SMARTS) is 1. The van der Waals surface area contributed by atoms with Gasteiger partial charge in [-0.3, -0.25) is 4.79 Å². The third-order valence-electron chi connectivity index (χ3n) is 2.78. The van der Waals surface area contributed by atoms with E-state index in [9.17, 15) is 4.79 Å². The summed E-state index contributed by atoms with van der Waals surface area (Å²) in [6.45, 7) is 4.19. The van der Waals surface area contributed by atoms with Crippen molar-refractivity contribution in [3.05, 3.63) is 41.5 Å². The van der Waals surface area contributed by atoms with Crippen LogP contribution >= 0.6 is 0 Å². The lowest BCUT2D eigenvalue weighted by Crippen LogP contribution is -1.97. The third-order valence-corrected chi connectivity index (χ3v) is 2.78. The highest BCUT2D eigenvalue weighted by Crippen LogP contribution is 2.24. The fraction of sp³-hybridized carbons (Fsp3) is 0.400. The molecule has 0 atom stereocenters. The highest BCUT2D eigenvalue weighted by molar-refractivity contribution is 5.74. The number of aliphatic carboxylic acids is 1. The summed E-state index contributed by atoms with van der Waals surface area (Å²) >= 11 is 0. The van der Waals surface area contributed by atoms with Gasteiger partial charge in [-0.2, -0.15) is 0 Å². The molecule has 0 amide bonds. The second kappa shape index (κ2) is 6.89. The molecule has 0 aliphatic rings. The second-order valence-corrected chi connectivity index (χ2v) is 4.23. The average molecular weight is 232 g/mol. The summed E-state index contributed by atoms with van der Waals surface area (Å²) in [5.74, 6) is -0.735. The molecule has 0 aliphatic heterocycles. The molecule has 0 bridgehead atoms. The van der Waals surface area contributed by atoms with Gasteiger partial charge < -0.3 is 5.11 Å². The number of aryl methyl sites for hydroxylation is 1. The van der Waals surface area contributed by atoms with Crippen molar-refractivity contribution in [2.24, 2.45) is 0 Å². The summed E-state index contributed by atoms with van der Waals surface area (Å²) in [5.41, 5.74) is 3.55. The normalized spacial score (nSPS) is 11.5. The van der Waals surface area contributed by atoms with Gasteiger partial charge in [-0.15, -0.1) is 0 Å². The van der Waals surface area contributed by atoms with Crippen LogP contribution in [0.25, 0.3) is 5.57 Å². The second-order valence-electron chi connectivity index (χ2n) is 4.23. The number of hydrogen-bond acceptors (Lipinski definition) is 1. The molecule has 0 aromatic heterocycles. The van der Waals surface area contributed by atoms with Gasteiger partial charge in [0.25, 0.3) is 0 Å². The lowest BCUT2D eigenvalue weighted by atomic mass is 9.96. The zero-order chi connectivity index (χ0) is 12.7. The van der Waals surface area contributed by atoms with Crippen molar-refractivity contribution in [2.45, 2.75) is 39.5 Å². The Labute approximate surface area is 103 Å². The number of benzene rings is 1. The standard InChI is InChI=1S/C15H20O2/c1-3-4-8-13(10-11-15(16)17)14-9-6-5-7-12(14)2/h5-9H,3-4,10-11H2,1-2H3,(H,16,17)/b13-8-. The Bertz CT molecular complexity index is 405. The molecule has 1 N–H and O–H groups in total. The fourth-order valence-electron chi connectivity index (χ4n) is 1.84. The number of unbranched alkanes of at least 4 members (excludes halogenated alkanes) is 1. The summed E-state index contributed by atoms with van der Waals surface area (Å²) in [6.07, 6.45) is 5.07. The fourth-order valence-corrected chi connectivity index (χ4v) is 1.84. The molecule has 1 aromatic rings. The summed E-state index contributed by atoms with van der Waals surface area (Å²) in [7, 11) is 0. The average Bonchev–Trinajstić information content (AvgIpc) is 2.30. The van der Waals surface area contributed by atoms with E-state index in [0.717, 1.165) is 18.4 Å². The maximum Gasteiger partial charge on any atom is 0.303 e. The monoisotopic (exact) mass is 232 g/mol. The molecule has 0 aliphatic carbocycles. The highest BCUT2D eigenvalue weighted by Gasteiger charge is 2.06. The Morgan fingerprint density at radius 2 is 2.00 bits per heavy atom. The van der Waals surface area contributed by atoms with Crippen molar-refractivity contribution >= 4 is 11.5 Å². The third kappa shape index (κ3) is 4.43. The molecule has 1 rings (SSSR count). The Morgan fingerprint density at radius 3 is 2.59 bits per heavy atom. The Kier molecular flexibility index (Phi) is 5.47. The van der Waals surface area contributed by atoms with Gasteiger partial charge in [0.1, 0.15) is 0 Å². The largest absolute Gasteiger partial charge is 0.481 e. The summed E-state index contributed by atoms with van der Waals surface area (Å²) in [6, 6.07) is 8.14. The minimum atomic E-state index is -0.735. The molecule has 17 heavy (non-hydrogen) atoms. The molecule has 0 heterocycles. The molecule has 0 unspecified atom stereocenters. The van der Waals surface area contributed by atoms with Crippen molar-refractivity contribution < 1.29 is 9.90 Å². The Balaban J connectivity index is 2.90. The SMILES string of the molecule is CCC/C=C(/CCC(=O)O)c1ccccc1C. The van der Waals surface area contributed by atoms with Crippen LogP contribution in [0.2, 0.25) is 0 Å². The summed E-state index contributed by atoms with van der Waals surface area (Å²) in [4.78, 5) is 10.7. The first-order valence-electron chi connectivity index (χ1n) is 6.12. The lowest BCUT2D eigenvalue weighted by molar-refractivity contribution is -0.136. The van der Waals surface area contributed by atoms with Crippen LogP contribution in [0, 0.1) is 6.92 Å². The Hall–Kier alpha value is -1.57. The zero-order valence-corrected chi connectivity index (χ0v) is 10.6. The molecular formula is C15H20O2. The van der Waals surface area contributed by atoms with Crippen LogP contribution in [0.15, 0.2) is 30.3 Å². The van der Waals surface area contributed by atoms with E-state index >= 15 is 0 Å². The van der Waals surface area contributed by atoms with Crippen molar-refractivity contribution in [3.63, 3.8) is 0 Å². The predicted octanol–water partition coefficient (Wildman–Crippen LogP) is 4.04. The number of hydrogen-bond donors (Lipinski definition) is 1. The van der Waals surface area contributed by atoms with Crippen molar-refractivity contribution in [1.29, 1.82) is 0 Å². The van der Waals surface area contributed by atoms with Crippen LogP contribution in [0.3, 0.4) is 0 Å². The molecule has 0 radical (unpaired) electrons. The molecule has 1 aromatic carbocycles. The van der Waals surface area contributed by atoms with E-state index in [2.05, 4.69) is 32.1 Å². The quantitative estimate of drug-likeness (QED) is 0.803. The van der Waals surface area contributed by atoms with Crippen molar-refractivity contribution in [1.82, 2.24) is 0 Å². The first kappa shape index (κ1) is 13.5. The summed E-state index contributed by atoms with van der Waals surface area (Å²) in [5, 5.41) is 8.78. The highest BCUT2D eigenvalue weighted by atomic mass is 16.4. The zero-order valence-electron chi connectivity index (χ0n) is 10.6. The van der Waals surface area contributed by atoms with Gasteiger partial charge >= 0.3 is 5.97 Å². The first-order valence-corrected chi connectivity index (χ1v) is 6.12. The topological polar surface area (TPSA) is 37.3 Å². The minimum absolute atomic E-state index is 0.198.